The Hall–Kier alpha value is -5.44. The van der Waals surface area contributed by atoms with E-state index in [2.05, 4.69) is 169 Å². The summed E-state index contributed by atoms with van der Waals surface area (Å²) >= 11 is 1.89. The van der Waals surface area contributed by atoms with Gasteiger partial charge in [0.25, 0.3) is 0 Å². The first kappa shape index (κ1) is 25.1. The van der Waals surface area contributed by atoms with E-state index in [1.807, 2.05) is 11.3 Å². The average Bonchev–Trinajstić information content (AvgIpc) is 3.45. The highest BCUT2D eigenvalue weighted by molar-refractivity contribution is 7.25. The minimum absolute atomic E-state index is 1.14. The van der Waals surface area contributed by atoms with Crippen LogP contribution in [0.25, 0.3) is 63.6 Å². The van der Waals surface area contributed by atoms with Crippen molar-refractivity contribution >= 4 is 80.9 Å². The molecule has 0 radical (unpaired) electrons. The van der Waals surface area contributed by atoms with Gasteiger partial charge in [0, 0.05) is 37.2 Å². The van der Waals surface area contributed by atoms with Crippen molar-refractivity contribution in [2.24, 2.45) is 0 Å². The van der Waals surface area contributed by atoms with Crippen molar-refractivity contribution in [1.29, 1.82) is 0 Å². The molecule has 0 unspecified atom stereocenters. The van der Waals surface area contributed by atoms with Crippen LogP contribution in [0.5, 0.6) is 0 Å². The maximum Gasteiger partial charge on any atom is 0.0467 e. The quantitative estimate of drug-likeness (QED) is 0.188. The zero-order valence-electron chi connectivity index (χ0n) is 23.9. The standard InChI is InChI=1S/C42H27NS/c1-3-11-33(12-4-1)43(34-13-5-2-6-14-34)35-15-9-10-29(25-35)30-22-23-36-31(24-30)20-18-28-19-21-32-26-39-37-16-7-8-17-40(37)44-41(39)27-38(32)42(28)36/h1-27H. The normalized spacial score (nSPS) is 11.6. The summed E-state index contributed by atoms with van der Waals surface area (Å²) in [4.78, 5) is 2.32. The number of benzene rings is 8. The second-order valence-corrected chi connectivity index (χ2v) is 12.5. The van der Waals surface area contributed by atoms with Gasteiger partial charge in [-0.25, -0.2) is 0 Å². The third-order valence-electron chi connectivity index (χ3n) is 8.78. The molecule has 206 valence electrons. The fourth-order valence-electron chi connectivity index (χ4n) is 6.71. The molecule has 9 aromatic rings. The molecule has 0 aliphatic rings. The fourth-order valence-corrected chi connectivity index (χ4v) is 7.84. The molecular weight excluding hydrogens is 551 g/mol. The lowest BCUT2D eigenvalue weighted by Gasteiger charge is -2.26. The maximum atomic E-state index is 2.41. The van der Waals surface area contributed by atoms with E-state index in [0.29, 0.717) is 0 Å². The highest BCUT2D eigenvalue weighted by Gasteiger charge is 2.14. The van der Waals surface area contributed by atoms with Gasteiger partial charge >= 0.3 is 0 Å². The van der Waals surface area contributed by atoms with Crippen LogP contribution in [0.15, 0.2) is 164 Å². The lowest BCUT2D eigenvalue weighted by Crippen LogP contribution is -2.09. The van der Waals surface area contributed by atoms with E-state index in [9.17, 15) is 0 Å². The summed E-state index contributed by atoms with van der Waals surface area (Å²) in [7, 11) is 0. The Balaban J connectivity index is 1.19. The van der Waals surface area contributed by atoms with E-state index >= 15 is 0 Å². The van der Waals surface area contributed by atoms with Gasteiger partial charge in [-0.2, -0.15) is 0 Å². The molecule has 1 heterocycles. The minimum atomic E-state index is 1.14. The van der Waals surface area contributed by atoms with Crippen LogP contribution in [0.1, 0.15) is 0 Å². The van der Waals surface area contributed by atoms with Crippen molar-refractivity contribution in [2.75, 3.05) is 4.90 Å². The molecule has 0 saturated carbocycles. The maximum absolute atomic E-state index is 2.41. The third kappa shape index (κ3) is 4.07. The average molecular weight is 578 g/mol. The van der Waals surface area contributed by atoms with Crippen LogP contribution in [0.3, 0.4) is 0 Å². The molecule has 0 spiro atoms. The summed E-state index contributed by atoms with van der Waals surface area (Å²) < 4.78 is 2.69. The SMILES string of the molecule is c1ccc(N(c2ccccc2)c2cccc(-c3ccc4c(ccc5ccc6cc7c(cc6c54)sc4ccccc47)c3)c2)cc1. The Bertz CT molecular complexity index is 2450. The van der Waals surface area contributed by atoms with E-state index < -0.39 is 0 Å². The molecule has 0 atom stereocenters. The summed E-state index contributed by atoms with van der Waals surface area (Å²) in [6.45, 7) is 0. The van der Waals surface area contributed by atoms with E-state index in [1.165, 1.54) is 63.6 Å². The number of rotatable bonds is 4. The van der Waals surface area contributed by atoms with Crippen molar-refractivity contribution < 1.29 is 0 Å². The summed E-state index contributed by atoms with van der Waals surface area (Å²) in [5.41, 5.74) is 5.83. The van der Waals surface area contributed by atoms with Crippen molar-refractivity contribution in [3.8, 4) is 11.1 Å². The molecule has 1 aromatic heterocycles. The van der Waals surface area contributed by atoms with Gasteiger partial charge in [0.15, 0.2) is 0 Å². The van der Waals surface area contributed by atoms with E-state index in [-0.39, 0.29) is 0 Å². The third-order valence-corrected chi connectivity index (χ3v) is 9.91. The van der Waals surface area contributed by atoms with Crippen LogP contribution in [-0.4, -0.2) is 0 Å². The first-order valence-electron chi connectivity index (χ1n) is 15.0. The predicted octanol–water partition coefficient (Wildman–Crippen LogP) is 12.7. The van der Waals surface area contributed by atoms with Gasteiger partial charge in [0.2, 0.25) is 0 Å². The van der Waals surface area contributed by atoms with Crippen molar-refractivity contribution in [1.82, 2.24) is 0 Å². The largest absolute Gasteiger partial charge is 0.310 e. The molecule has 44 heavy (non-hydrogen) atoms. The van der Waals surface area contributed by atoms with Crippen molar-refractivity contribution in [2.45, 2.75) is 0 Å². The van der Waals surface area contributed by atoms with Gasteiger partial charge < -0.3 is 4.90 Å². The molecule has 0 N–H and O–H groups in total. The van der Waals surface area contributed by atoms with Crippen LogP contribution >= 0.6 is 11.3 Å². The fraction of sp³-hybridized carbons (Fsp3) is 0. The Kier molecular flexibility index (Phi) is 5.75. The molecule has 0 aliphatic heterocycles. The highest BCUT2D eigenvalue weighted by Crippen LogP contribution is 2.41. The van der Waals surface area contributed by atoms with Gasteiger partial charge in [0.1, 0.15) is 0 Å². The summed E-state index contributed by atoms with van der Waals surface area (Å²) in [6.07, 6.45) is 0. The lowest BCUT2D eigenvalue weighted by molar-refractivity contribution is 1.28. The van der Waals surface area contributed by atoms with Crippen LogP contribution < -0.4 is 4.90 Å². The molecule has 2 heteroatoms. The summed E-state index contributed by atoms with van der Waals surface area (Å²) in [6, 6.07) is 59.6. The zero-order chi connectivity index (χ0) is 29.0. The molecule has 9 rings (SSSR count). The van der Waals surface area contributed by atoms with Gasteiger partial charge in [-0.1, -0.05) is 103 Å². The highest BCUT2D eigenvalue weighted by atomic mass is 32.1. The Labute approximate surface area is 259 Å². The summed E-state index contributed by atoms with van der Waals surface area (Å²) in [5.74, 6) is 0. The Morgan fingerprint density at radius 1 is 0.341 bits per heavy atom. The minimum Gasteiger partial charge on any atom is -0.310 e. The van der Waals surface area contributed by atoms with Gasteiger partial charge in [-0.05, 0) is 104 Å². The van der Waals surface area contributed by atoms with E-state index in [4.69, 9.17) is 0 Å². The molecule has 0 fully saturated rings. The summed E-state index contributed by atoms with van der Waals surface area (Å²) in [5, 5.41) is 10.5. The Morgan fingerprint density at radius 2 is 0.977 bits per heavy atom. The number of hydrogen-bond donors (Lipinski definition) is 0. The van der Waals surface area contributed by atoms with E-state index in [0.717, 1.165) is 17.1 Å². The molecular formula is C42H27NS. The molecule has 1 nitrogen and oxygen atoms in total. The first-order valence-corrected chi connectivity index (χ1v) is 15.8. The van der Waals surface area contributed by atoms with Crippen molar-refractivity contribution in [3.63, 3.8) is 0 Å². The van der Waals surface area contributed by atoms with Crippen LogP contribution in [0, 0.1) is 0 Å². The lowest BCUT2D eigenvalue weighted by atomic mass is 9.93. The monoisotopic (exact) mass is 577 g/mol. The van der Waals surface area contributed by atoms with Gasteiger partial charge in [-0.3, -0.25) is 0 Å². The van der Waals surface area contributed by atoms with Crippen LogP contribution in [0.2, 0.25) is 0 Å². The first-order chi connectivity index (χ1) is 21.8. The van der Waals surface area contributed by atoms with Crippen LogP contribution in [0.4, 0.5) is 17.1 Å². The molecule has 0 bridgehead atoms. The van der Waals surface area contributed by atoms with Crippen molar-refractivity contribution in [3.05, 3.63) is 164 Å². The number of fused-ring (bicyclic) bond motifs is 8. The Morgan fingerprint density at radius 3 is 1.75 bits per heavy atom. The second kappa shape index (κ2) is 10.1. The number of hydrogen-bond acceptors (Lipinski definition) is 2. The van der Waals surface area contributed by atoms with Gasteiger partial charge in [0.05, 0.1) is 0 Å². The smallest absolute Gasteiger partial charge is 0.0467 e. The van der Waals surface area contributed by atoms with Crippen LogP contribution in [-0.2, 0) is 0 Å². The zero-order valence-corrected chi connectivity index (χ0v) is 24.8. The predicted molar refractivity (Wildman–Crippen MR) is 192 cm³/mol. The topological polar surface area (TPSA) is 3.24 Å². The van der Waals surface area contributed by atoms with Gasteiger partial charge in [-0.15, -0.1) is 11.3 Å². The molecule has 0 aliphatic carbocycles. The molecule has 0 amide bonds. The number of para-hydroxylation sites is 2. The molecule has 0 saturated heterocycles. The number of thiophene rings is 1. The molecule has 8 aromatic carbocycles. The van der Waals surface area contributed by atoms with E-state index in [1.54, 1.807) is 0 Å². The number of nitrogens with zero attached hydrogens (tertiary/aromatic N) is 1. The number of anilines is 3. The second-order valence-electron chi connectivity index (χ2n) is 11.4.